The summed E-state index contributed by atoms with van der Waals surface area (Å²) >= 11 is 0. The lowest BCUT2D eigenvalue weighted by molar-refractivity contribution is 0.195. The summed E-state index contributed by atoms with van der Waals surface area (Å²) in [7, 11) is 0. The molecule has 1 nitrogen and oxygen atoms in total. The Hall–Kier alpha value is -0.0400. The maximum atomic E-state index is 4.10. The Labute approximate surface area is 69.8 Å². The molecule has 1 radical (unpaired) electrons. The molecule has 1 aliphatic heterocycles. The minimum absolute atomic E-state index is 0.741. The molecule has 1 heterocycles. The van der Waals surface area contributed by atoms with Gasteiger partial charge < -0.3 is 4.90 Å². The standard InChI is InChI=1S/C10H18N/c1-9-4-6-11(7-5-9)8-10-2-3-10/h9-10H,1-8H2. The number of piperidine rings is 1. The summed E-state index contributed by atoms with van der Waals surface area (Å²) in [4.78, 5) is 2.62. The number of hydrogen-bond acceptors (Lipinski definition) is 1. The summed E-state index contributed by atoms with van der Waals surface area (Å²) in [5.41, 5.74) is 0. The molecule has 0 aromatic heterocycles. The van der Waals surface area contributed by atoms with Crippen molar-refractivity contribution in [1.29, 1.82) is 0 Å². The van der Waals surface area contributed by atoms with E-state index in [9.17, 15) is 0 Å². The Bertz CT molecular complexity index is 121. The lowest BCUT2D eigenvalue weighted by Gasteiger charge is -2.29. The molecule has 0 N–H and O–H groups in total. The summed E-state index contributed by atoms with van der Waals surface area (Å²) in [6.45, 7) is 8.10. The second-order valence-electron chi connectivity index (χ2n) is 4.19. The van der Waals surface area contributed by atoms with E-state index >= 15 is 0 Å². The van der Waals surface area contributed by atoms with Gasteiger partial charge in [-0.3, -0.25) is 0 Å². The highest BCUT2D eigenvalue weighted by molar-refractivity contribution is 4.80. The molecule has 0 unspecified atom stereocenters. The zero-order chi connectivity index (χ0) is 7.68. The van der Waals surface area contributed by atoms with Crippen LogP contribution in [-0.2, 0) is 0 Å². The van der Waals surface area contributed by atoms with Crippen LogP contribution in [0, 0.1) is 18.8 Å². The molecule has 63 valence electrons. The second kappa shape index (κ2) is 3.14. The summed E-state index contributed by atoms with van der Waals surface area (Å²) in [6.07, 6.45) is 5.63. The lowest BCUT2D eigenvalue weighted by atomic mass is 9.99. The molecule has 1 heteroatoms. The fraction of sp³-hybridized carbons (Fsp3) is 0.900. The molecule has 0 atom stereocenters. The van der Waals surface area contributed by atoms with Crippen LogP contribution in [0.3, 0.4) is 0 Å². The molecule has 2 aliphatic rings. The van der Waals surface area contributed by atoms with Crippen molar-refractivity contribution in [2.24, 2.45) is 11.8 Å². The van der Waals surface area contributed by atoms with E-state index in [1.807, 2.05) is 0 Å². The van der Waals surface area contributed by atoms with Crippen LogP contribution in [0.15, 0.2) is 0 Å². The predicted octanol–water partition coefficient (Wildman–Crippen LogP) is 1.94. The first kappa shape index (κ1) is 7.60. The first-order valence-corrected chi connectivity index (χ1v) is 4.90. The predicted molar refractivity (Wildman–Crippen MR) is 47.2 cm³/mol. The molecule has 1 aliphatic carbocycles. The lowest BCUT2D eigenvalue weighted by Crippen LogP contribution is -2.34. The minimum Gasteiger partial charge on any atom is -0.303 e. The van der Waals surface area contributed by atoms with Gasteiger partial charge in [0.15, 0.2) is 0 Å². The Morgan fingerprint density at radius 1 is 1.09 bits per heavy atom. The second-order valence-corrected chi connectivity index (χ2v) is 4.19. The molecule has 2 fully saturated rings. The van der Waals surface area contributed by atoms with Crippen molar-refractivity contribution < 1.29 is 0 Å². The van der Waals surface area contributed by atoms with E-state index in [0.29, 0.717) is 0 Å². The fourth-order valence-corrected chi connectivity index (χ4v) is 1.83. The van der Waals surface area contributed by atoms with Crippen molar-refractivity contribution >= 4 is 0 Å². The molecule has 11 heavy (non-hydrogen) atoms. The SMILES string of the molecule is [CH2]C1CCN(CC2CC2)CC1. The molecule has 0 aromatic rings. The average Bonchev–Trinajstić information content (AvgIpc) is 2.78. The smallest absolute Gasteiger partial charge is 0.000966 e. The molecular formula is C10H18N. The van der Waals surface area contributed by atoms with Crippen LogP contribution in [0.1, 0.15) is 25.7 Å². The van der Waals surface area contributed by atoms with Crippen molar-refractivity contribution in [3.8, 4) is 0 Å². The van der Waals surface area contributed by atoms with Gasteiger partial charge >= 0.3 is 0 Å². The Balaban J connectivity index is 1.69. The fourth-order valence-electron chi connectivity index (χ4n) is 1.83. The number of likely N-dealkylation sites (tertiary alicyclic amines) is 1. The summed E-state index contributed by atoms with van der Waals surface area (Å²) in [5, 5.41) is 0. The van der Waals surface area contributed by atoms with Crippen LogP contribution in [0.25, 0.3) is 0 Å². The Morgan fingerprint density at radius 2 is 1.73 bits per heavy atom. The average molecular weight is 152 g/mol. The maximum Gasteiger partial charge on any atom is 0.000966 e. The van der Waals surface area contributed by atoms with Crippen LogP contribution >= 0.6 is 0 Å². The van der Waals surface area contributed by atoms with Gasteiger partial charge in [0, 0.05) is 6.54 Å². The summed E-state index contributed by atoms with van der Waals surface area (Å²) in [6, 6.07) is 0. The van der Waals surface area contributed by atoms with Gasteiger partial charge in [0.05, 0.1) is 0 Å². The molecule has 1 saturated heterocycles. The van der Waals surface area contributed by atoms with E-state index < -0.39 is 0 Å². The summed E-state index contributed by atoms with van der Waals surface area (Å²) in [5.74, 6) is 1.81. The highest BCUT2D eigenvalue weighted by Gasteiger charge is 2.25. The van der Waals surface area contributed by atoms with Gasteiger partial charge in [-0.15, -0.1) is 0 Å². The molecule has 2 rings (SSSR count). The quantitative estimate of drug-likeness (QED) is 0.584. The molecule has 0 bridgehead atoms. The first-order chi connectivity index (χ1) is 5.34. The minimum atomic E-state index is 0.741. The number of hydrogen-bond donors (Lipinski definition) is 0. The van der Waals surface area contributed by atoms with Gasteiger partial charge in [-0.25, -0.2) is 0 Å². The first-order valence-electron chi connectivity index (χ1n) is 4.90. The number of rotatable bonds is 2. The topological polar surface area (TPSA) is 3.24 Å². The molecule has 1 saturated carbocycles. The van der Waals surface area contributed by atoms with Gasteiger partial charge in [-0.05, 0) is 50.6 Å². The highest BCUT2D eigenvalue weighted by Crippen LogP contribution is 2.30. The third-order valence-corrected chi connectivity index (χ3v) is 2.92. The largest absolute Gasteiger partial charge is 0.303 e. The van der Waals surface area contributed by atoms with Gasteiger partial charge in [-0.2, -0.15) is 0 Å². The van der Waals surface area contributed by atoms with E-state index in [4.69, 9.17) is 0 Å². The van der Waals surface area contributed by atoms with E-state index in [0.717, 1.165) is 11.8 Å². The molecular weight excluding hydrogens is 134 g/mol. The van der Waals surface area contributed by atoms with E-state index in [1.165, 1.54) is 45.3 Å². The Morgan fingerprint density at radius 3 is 2.27 bits per heavy atom. The third-order valence-electron chi connectivity index (χ3n) is 2.92. The van der Waals surface area contributed by atoms with Crippen molar-refractivity contribution in [3.05, 3.63) is 6.92 Å². The summed E-state index contributed by atoms with van der Waals surface area (Å²) < 4.78 is 0. The van der Waals surface area contributed by atoms with Crippen LogP contribution in [0.2, 0.25) is 0 Å². The zero-order valence-corrected chi connectivity index (χ0v) is 7.26. The third kappa shape index (κ3) is 2.19. The van der Waals surface area contributed by atoms with Crippen LogP contribution in [0.5, 0.6) is 0 Å². The van der Waals surface area contributed by atoms with Crippen molar-refractivity contribution in [2.75, 3.05) is 19.6 Å². The maximum absolute atomic E-state index is 4.10. The van der Waals surface area contributed by atoms with Crippen molar-refractivity contribution in [1.82, 2.24) is 4.90 Å². The van der Waals surface area contributed by atoms with Crippen molar-refractivity contribution in [2.45, 2.75) is 25.7 Å². The van der Waals surface area contributed by atoms with Crippen molar-refractivity contribution in [3.63, 3.8) is 0 Å². The Kier molecular flexibility index (Phi) is 2.17. The normalized spacial score (nSPS) is 29.2. The van der Waals surface area contributed by atoms with E-state index in [1.54, 1.807) is 0 Å². The van der Waals surface area contributed by atoms with Crippen LogP contribution < -0.4 is 0 Å². The van der Waals surface area contributed by atoms with Gasteiger partial charge in [0.25, 0.3) is 0 Å². The van der Waals surface area contributed by atoms with E-state index in [2.05, 4.69) is 11.8 Å². The van der Waals surface area contributed by atoms with Gasteiger partial charge in [0.1, 0.15) is 0 Å². The molecule has 0 aromatic carbocycles. The number of nitrogens with zero attached hydrogens (tertiary/aromatic N) is 1. The van der Waals surface area contributed by atoms with Gasteiger partial charge in [-0.1, -0.05) is 6.92 Å². The van der Waals surface area contributed by atoms with Crippen LogP contribution in [-0.4, -0.2) is 24.5 Å². The van der Waals surface area contributed by atoms with Crippen LogP contribution in [0.4, 0.5) is 0 Å². The molecule has 0 amide bonds. The van der Waals surface area contributed by atoms with Gasteiger partial charge in [0.2, 0.25) is 0 Å². The monoisotopic (exact) mass is 152 g/mol. The zero-order valence-electron chi connectivity index (χ0n) is 7.26. The molecule has 0 spiro atoms. The highest BCUT2D eigenvalue weighted by atomic mass is 15.1. The van der Waals surface area contributed by atoms with E-state index in [-0.39, 0.29) is 0 Å².